The largest absolute Gasteiger partial charge is 0.489 e. The van der Waals surface area contributed by atoms with Crippen LogP contribution in [0.2, 0.25) is 10.0 Å². The van der Waals surface area contributed by atoms with Crippen molar-refractivity contribution in [3.63, 3.8) is 0 Å². The summed E-state index contributed by atoms with van der Waals surface area (Å²) in [5.41, 5.74) is -0.786. The highest BCUT2D eigenvalue weighted by Crippen LogP contribution is 2.46. The molecule has 1 atom stereocenters. The average molecular weight is 425 g/mol. The fraction of sp³-hybridized carbons (Fsp3) is 0.231. The minimum Gasteiger partial charge on any atom is -0.489 e. The summed E-state index contributed by atoms with van der Waals surface area (Å²) < 4.78 is 19.3. The first-order valence-corrected chi connectivity index (χ1v) is 7.81. The van der Waals surface area contributed by atoms with E-state index >= 15 is 0 Å². The van der Waals surface area contributed by atoms with Gasteiger partial charge in [-0.15, -0.1) is 0 Å². The number of methoxy groups -OCH3 is 1. The quantitative estimate of drug-likeness (QED) is 0.393. The van der Waals surface area contributed by atoms with Crippen LogP contribution in [0.25, 0.3) is 11.3 Å². The van der Waals surface area contributed by atoms with Gasteiger partial charge in [0.1, 0.15) is 23.4 Å². The SMILES string of the molecule is COc1c(Cl)cc(F)c(-c2ncnc(C(C)Br)c2Cl)c1[N+](=O)[O-]. The third-order valence-corrected chi connectivity index (χ3v) is 4.06. The van der Waals surface area contributed by atoms with Gasteiger partial charge in [-0.3, -0.25) is 10.1 Å². The number of ether oxygens (including phenoxy) is 1. The highest BCUT2D eigenvalue weighted by molar-refractivity contribution is 9.09. The van der Waals surface area contributed by atoms with Crippen molar-refractivity contribution in [3.05, 3.63) is 44.1 Å². The molecule has 122 valence electrons. The molecular weight excluding hydrogens is 416 g/mol. The normalized spacial score (nSPS) is 12.1. The monoisotopic (exact) mass is 423 g/mol. The van der Waals surface area contributed by atoms with Gasteiger partial charge in [-0.05, 0) is 13.0 Å². The molecule has 6 nitrogen and oxygen atoms in total. The van der Waals surface area contributed by atoms with Crippen molar-refractivity contribution >= 4 is 44.8 Å². The molecule has 0 bridgehead atoms. The van der Waals surface area contributed by atoms with Crippen LogP contribution in [-0.4, -0.2) is 22.0 Å². The Kier molecular flexibility index (Phi) is 5.38. The van der Waals surface area contributed by atoms with Crippen molar-refractivity contribution in [2.45, 2.75) is 11.8 Å². The Morgan fingerprint density at radius 2 is 2.09 bits per heavy atom. The van der Waals surface area contributed by atoms with Gasteiger partial charge in [-0.2, -0.15) is 0 Å². The zero-order valence-electron chi connectivity index (χ0n) is 11.8. The molecular formula is C13H9BrCl2FN3O3. The van der Waals surface area contributed by atoms with Gasteiger partial charge in [-0.1, -0.05) is 39.1 Å². The Hall–Kier alpha value is -1.51. The molecule has 0 spiro atoms. The molecule has 23 heavy (non-hydrogen) atoms. The third kappa shape index (κ3) is 3.24. The number of benzene rings is 1. The number of hydrogen-bond acceptors (Lipinski definition) is 5. The number of nitrogens with zero attached hydrogens (tertiary/aromatic N) is 3. The van der Waals surface area contributed by atoms with Crippen LogP contribution in [0.15, 0.2) is 12.4 Å². The van der Waals surface area contributed by atoms with Gasteiger partial charge >= 0.3 is 5.69 Å². The molecule has 0 aliphatic rings. The zero-order valence-corrected chi connectivity index (χ0v) is 14.9. The standard InChI is InChI=1S/C13H9BrCl2FN3O3/c1-5(14)10-9(16)11(19-4-18-10)8-7(17)3-6(15)13(23-2)12(8)20(21)22/h3-5H,1-2H3. The molecule has 10 heteroatoms. The molecule has 0 amide bonds. The van der Waals surface area contributed by atoms with Crippen molar-refractivity contribution in [2.24, 2.45) is 0 Å². The van der Waals surface area contributed by atoms with Gasteiger partial charge in [0, 0.05) is 0 Å². The fourth-order valence-electron chi connectivity index (χ4n) is 2.02. The van der Waals surface area contributed by atoms with Crippen LogP contribution < -0.4 is 4.74 Å². The van der Waals surface area contributed by atoms with Crippen LogP contribution in [0.3, 0.4) is 0 Å². The molecule has 1 heterocycles. The maximum Gasteiger partial charge on any atom is 0.324 e. The number of halogens is 4. The van der Waals surface area contributed by atoms with E-state index < -0.39 is 22.0 Å². The second kappa shape index (κ2) is 6.94. The van der Waals surface area contributed by atoms with E-state index in [4.69, 9.17) is 27.9 Å². The summed E-state index contributed by atoms with van der Waals surface area (Å²) in [6.07, 6.45) is 1.15. The Balaban J connectivity index is 2.89. The molecule has 0 aliphatic carbocycles. The molecule has 0 radical (unpaired) electrons. The number of nitro groups is 1. The molecule has 0 fully saturated rings. The molecule has 1 unspecified atom stereocenters. The van der Waals surface area contributed by atoms with Gasteiger partial charge in [0.05, 0.1) is 32.6 Å². The van der Waals surface area contributed by atoms with Crippen LogP contribution in [0.1, 0.15) is 17.4 Å². The number of nitro benzene ring substituents is 1. The predicted molar refractivity (Wildman–Crippen MR) is 88.0 cm³/mol. The van der Waals surface area contributed by atoms with Gasteiger partial charge in [0.2, 0.25) is 5.75 Å². The van der Waals surface area contributed by atoms with E-state index in [1.807, 2.05) is 0 Å². The summed E-state index contributed by atoms with van der Waals surface area (Å²) in [7, 11) is 1.20. The maximum atomic E-state index is 14.4. The van der Waals surface area contributed by atoms with Gasteiger partial charge < -0.3 is 4.74 Å². The third-order valence-electron chi connectivity index (χ3n) is 2.98. The van der Waals surface area contributed by atoms with Gasteiger partial charge in [0.25, 0.3) is 0 Å². The van der Waals surface area contributed by atoms with Crippen LogP contribution in [0.5, 0.6) is 5.75 Å². The lowest BCUT2D eigenvalue weighted by Crippen LogP contribution is -2.03. The molecule has 0 saturated heterocycles. The second-order valence-electron chi connectivity index (χ2n) is 4.39. The van der Waals surface area contributed by atoms with E-state index in [9.17, 15) is 14.5 Å². The van der Waals surface area contributed by atoms with Crippen molar-refractivity contribution in [1.29, 1.82) is 0 Å². The molecule has 0 aliphatic heterocycles. The Morgan fingerprint density at radius 1 is 1.43 bits per heavy atom. The van der Waals surface area contributed by atoms with E-state index in [0.29, 0.717) is 5.69 Å². The minimum absolute atomic E-state index is 0.00301. The van der Waals surface area contributed by atoms with Crippen LogP contribution >= 0.6 is 39.1 Å². The maximum absolute atomic E-state index is 14.4. The molecule has 2 aromatic rings. The lowest BCUT2D eigenvalue weighted by molar-refractivity contribution is -0.385. The summed E-state index contributed by atoms with van der Waals surface area (Å²) in [4.78, 5) is 18.2. The predicted octanol–water partition coefficient (Wildman–Crippen LogP) is 4.96. The number of alkyl halides is 1. The Morgan fingerprint density at radius 3 is 2.61 bits per heavy atom. The van der Waals surface area contributed by atoms with Crippen molar-refractivity contribution in [2.75, 3.05) is 7.11 Å². The first-order chi connectivity index (χ1) is 10.8. The molecule has 0 saturated carbocycles. The fourth-order valence-corrected chi connectivity index (χ4v) is 3.11. The zero-order chi connectivity index (χ0) is 17.3. The van der Waals surface area contributed by atoms with E-state index in [2.05, 4.69) is 25.9 Å². The first kappa shape index (κ1) is 17.8. The summed E-state index contributed by atoms with van der Waals surface area (Å²) in [6.45, 7) is 1.76. The van der Waals surface area contributed by atoms with E-state index in [-0.39, 0.29) is 26.3 Å². The topological polar surface area (TPSA) is 78.2 Å². The summed E-state index contributed by atoms with van der Waals surface area (Å²) in [5.74, 6) is -1.20. The Labute approximate surface area is 148 Å². The van der Waals surface area contributed by atoms with E-state index in [0.717, 1.165) is 12.4 Å². The van der Waals surface area contributed by atoms with E-state index in [1.54, 1.807) is 6.92 Å². The number of rotatable bonds is 4. The summed E-state index contributed by atoms with van der Waals surface area (Å²) in [6, 6.07) is 0.915. The van der Waals surface area contributed by atoms with Gasteiger partial charge in [-0.25, -0.2) is 14.4 Å². The number of hydrogen-bond donors (Lipinski definition) is 0. The summed E-state index contributed by atoms with van der Waals surface area (Å²) >= 11 is 15.3. The van der Waals surface area contributed by atoms with Crippen LogP contribution in [0, 0.1) is 15.9 Å². The minimum atomic E-state index is -0.934. The smallest absolute Gasteiger partial charge is 0.324 e. The molecule has 0 N–H and O–H groups in total. The van der Waals surface area contributed by atoms with E-state index in [1.165, 1.54) is 7.11 Å². The lowest BCUT2D eigenvalue weighted by Gasteiger charge is -2.13. The second-order valence-corrected chi connectivity index (χ2v) is 6.55. The molecule has 1 aromatic carbocycles. The van der Waals surface area contributed by atoms with Crippen molar-refractivity contribution in [3.8, 4) is 17.0 Å². The summed E-state index contributed by atoms with van der Waals surface area (Å²) in [5, 5.41) is 11.2. The van der Waals surface area contributed by atoms with Gasteiger partial charge in [0.15, 0.2) is 0 Å². The Bertz CT molecular complexity index is 790. The highest BCUT2D eigenvalue weighted by Gasteiger charge is 2.31. The molecule has 2 rings (SSSR count). The van der Waals surface area contributed by atoms with Crippen molar-refractivity contribution < 1.29 is 14.1 Å². The van der Waals surface area contributed by atoms with Crippen molar-refractivity contribution in [1.82, 2.24) is 9.97 Å². The van der Waals surface area contributed by atoms with Crippen LogP contribution in [0.4, 0.5) is 10.1 Å². The lowest BCUT2D eigenvalue weighted by atomic mass is 10.1. The highest BCUT2D eigenvalue weighted by atomic mass is 79.9. The number of aromatic nitrogens is 2. The average Bonchev–Trinajstić information content (AvgIpc) is 2.47. The van der Waals surface area contributed by atoms with Crippen LogP contribution in [-0.2, 0) is 0 Å². The first-order valence-electron chi connectivity index (χ1n) is 6.14. The molecule has 1 aromatic heterocycles.